The Morgan fingerprint density at radius 1 is 1.07 bits per heavy atom. The van der Waals surface area contributed by atoms with Gasteiger partial charge in [0.25, 0.3) is 11.8 Å². The number of methoxy groups -OCH3 is 1. The summed E-state index contributed by atoms with van der Waals surface area (Å²) in [7, 11) is 3.19. The zero-order valence-corrected chi connectivity index (χ0v) is 16.8. The molecule has 0 aliphatic carbocycles. The number of amides is 2. The van der Waals surface area contributed by atoms with Crippen LogP contribution < -0.4 is 9.64 Å². The summed E-state index contributed by atoms with van der Waals surface area (Å²) in [6, 6.07) is 11.6. The average Bonchev–Trinajstić information content (AvgIpc) is 2.95. The van der Waals surface area contributed by atoms with Crippen molar-refractivity contribution in [2.45, 2.75) is 0 Å². The first kappa shape index (κ1) is 20.2. The van der Waals surface area contributed by atoms with E-state index in [9.17, 15) is 14.7 Å². The molecule has 0 saturated heterocycles. The fraction of sp³-hybridized carbons (Fsp3) is 0.200. The molecule has 28 heavy (non-hydrogen) atoms. The summed E-state index contributed by atoms with van der Waals surface area (Å²) in [5, 5.41) is 9.66. The Hall–Kier alpha value is -2.54. The number of anilines is 1. The van der Waals surface area contributed by atoms with E-state index in [4.69, 9.17) is 27.9 Å². The lowest BCUT2D eigenvalue weighted by Crippen LogP contribution is -2.35. The van der Waals surface area contributed by atoms with Gasteiger partial charge in [0.1, 0.15) is 11.4 Å². The smallest absolute Gasteiger partial charge is 0.282 e. The van der Waals surface area contributed by atoms with Gasteiger partial charge in [0.2, 0.25) is 0 Å². The monoisotopic (exact) mass is 420 g/mol. The molecule has 146 valence electrons. The van der Waals surface area contributed by atoms with Gasteiger partial charge in [-0.3, -0.25) is 9.59 Å². The second-order valence-electron chi connectivity index (χ2n) is 6.12. The van der Waals surface area contributed by atoms with E-state index < -0.39 is 11.8 Å². The van der Waals surface area contributed by atoms with Crippen LogP contribution in [0, 0.1) is 0 Å². The lowest BCUT2D eigenvalue weighted by molar-refractivity contribution is -0.120. The number of carbonyl (C=O) groups excluding carboxylic acids is 2. The molecule has 2 aromatic carbocycles. The Balaban J connectivity index is 2.15. The number of likely N-dealkylation sites (N-methyl/N-ethyl adjacent to an activating group) is 1. The summed E-state index contributed by atoms with van der Waals surface area (Å²) in [6.45, 7) is 0.0143. The molecule has 0 atom stereocenters. The van der Waals surface area contributed by atoms with Crippen LogP contribution in [0.25, 0.3) is 5.57 Å². The van der Waals surface area contributed by atoms with Crippen molar-refractivity contribution < 1.29 is 19.4 Å². The summed E-state index contributed by atoms with van der Waals surface area (Å²) in [5.74, 6) is -0.420. The van der Waals surface area contributed by atoms with Gasteiger partial charge in [-0.05, 0) is 29.8 Å². The van der Waals surface area contributed by atoms with Crippen LogP contribution in [0.3, 0.4) is 0 Å². The van der Waals surface area contributed by atoms with E-state index in [1.807, 2.05) is 0 Å². The van der Waals surface area contributed by atoms with E-state index >= 15 is 0 Å². The number of ether oxygens (including phenoxy) is 1. The molecule has 1 N–H and O–H groups in total. The molecule has 6 nitrogen and oxygen atoms in total. The maximum absolute atomic E-state index is 13.3. The molecular weight excluding hydrogens is 403 g/mol. The number of hydrogen-bond acceptors (Lipinski definition) is 5. The minimum absolute atomic E-state index is 0.117. The van der Waals surface area contributed by atoms with E-state index in [0.717, 1.165) is 4.90 Å². The highest BCUT2D eigenvalue weighted by Gasteiger charge is 2.42. The molecule has 0 bridgehead atoms. The topological polar surface area (TPSA) is 70.1 Å². The van der Waals surface area contributed by atoms with Crippen LogP contribution >= 0.6 is 23.2 Å². The van der Waals surface area contributed by atoms with Gasteiger partial charge in [-0.1, -0.05) is 41.4 Å². The third-order valence-corrected chi connectivity index (χ3v) is 5.24. The average molecular weight is 421 g/mol. The van der Waals surface area contributed by atoms with Crippen LogP contribution in [0.2, 0.25) is 10.0 Å². The molecule has 0 aromatic heterocycles. The van der Waals surface area contributed by atoms with Gasteiger partial charge in [-0.15, -0.1) is 0 Å². The third kappa shape index (κ3) is 3.46. The van der Waals surface area contributed by atoms with Crippen molar-refractivity contribution in [3.8, 4) is 5.75 Å². The SMILES string of the molecule is COc1ccc(C2=C(N(C)CCO)C(=O)N(c3cccc(Cl)c3Cl)C2=O)cc1. The van der Waals surface area contributed by atoms with Crippen molar-refractivity contribution in [3.63, 3.8) is 0 Å². The number of aliphatic hydroxyl groups is 1. The van der Waals surface area contributed by atoms with Crippen LogP contribution in [-0.2, 0) is 9.59 Å². The van der Waals surface area contributed by atoms with E-state index in [1.54, 1.807) is 61.5 Å². The zero-order valence-electron chi connectivity index (χ0n) is 15.3. The molecule has 3 rings (SSSR count). The third-order valence-electron chi connectivity index (χ3n) is 4.43. The summed E-state index contributed by atoms with van der Waals surface area (Å²) in [6.07, 6.45) is 0. The molecule has 0 unspecified atom stereocenters. The summed E-state index contributed by atoms with van der Waals surface area (Å²) in [5.41, 5.74) is 1.17. The van der Waals surface area contributed by atoms with Crippen molar-refractivity contribution in [3.05, 3.63) is 63.8 Å². The quantitative estimate of drug-likeness (QED) is 0.726. The predicted octanol–water partition coefficient (Wildman–Crippen LogP) is 3.21. The standard InChI is InChI=1S/C20H18Cl2N2O4/c1-23(10-11-25)18-16(12-6-8-13(28-2)9-7-12)19(26)24(20(18)27)15-5-3-4-14(21)17(15)22/h3-9,25H,10-11H2,1-2H3. The Morgan fingerprint density at radius 3 is 2.36 bits per heavy atom. The van der Waals surface area contributed by atoms with Crippen LogP contribution in [0.1, 0.15) is 5.56 Å². The van der Waals surface area contributed by atoms with E-state index in [2.05, 4.69) is 0 Å². The molecular formula is C20H18Cl2N2O4. The van der Waals surface area contributed by atoms with Gasteiger partial charge in [-0.2, -0.15) is 0 Å². The number of aliphatic hydroxyl groups excluding tert-OH is 1. The van der Waals surface area contributed by atoms with Crippen molar-refractivity contribution >= 4 is 46.3 Å². The normalized spacial score (nSPS) is 14.1. The van der Waals surface area contributed by atoms with E-state index in [1.165, 1.54) is 0 Å². The maximum atomic E-state index is 13.3. The Bertz CT molecular complexity index is 957. The first-order chi connectivity index (χ1) is 13.4. The van der Waals surface area contributed by atoms with Gasteiger partial charge in [0.05, 0.1) is 35.0 Å². The van der Waals surface area contributed by atoms with E-state index in [0.29, 0.717) is 11.3 Å². The number of imide groups is 1. The summed E-state index contributed by atoms with van der Waals surface area (Å²) >= 11 is 12.3. The number of hydrogen-bond donors (Lipinski definition) is 1. The molecule has 0 radical (unpaired) electrons. The minimum Gasteiger partial charge on any atom is -0.497 e. The molecule has 1 aliphatic rings. The van der Waals surface area contributed by atoms with Crippen LogP contribution in [0.5, 0.6) is 5.75 Å². The lowest BCUT2D eigenvalue weighted by atomic mass is 10.0. The van der Waals surface area contributed by atoms with Gasteiger partial charge in [0.15, 0.2) is 0 Å². The molecule has 0 spiro atoms. The van der Waals surface area contributed by atoms with Gasteiger partial charge in [0, 0.05) is 13.6 Å². The molecule has 0 fully saturated rings. The number of halogens is 2. The van der Waals surface area contributed by atoms with Crippen molar-refractivity contribution in [2.24, 2.45) is 0 Å². The number of carbonyl (C=O) groups is 2. The second-order valence-corrected chi connectivity index (χ2v) is 6.90. The van der Waals surface area contributed by atoms with Crippen molar-refractivity contribution in [1.29, 1.82) is 0 Å². The number of nitrogens with zero attached hydrogens (tertiary/aromatic N) is 2. The molecule has 2 aromatic rings. The highest BCUT2D eigenvalue weighted by Crippen LogP contribution is 2.39. The predicted molar refractivity (Wildman–Crippen MR) is 109 cm³/mol. The van der Waals surface area contributed by atoms with E-state index in [-0.39, 0.29) is 40.2 Å². The van der Waals surface area contributed by atoms with Crippen LogP contribution in [0.4, 0.5) is 5.69 Å². The van der Waals surface area contributed by atoms with Gasteiger partial charge < -0.3 is 14.7 Å². The van der Waals surface area contributed by atoms with Crippen LogP contribution in [0.15, 0.2) is 48.2 Å². The number of rotatable bonds is 6. The fourth-order valence-corrected chi connectivity index (χ4v) is 3.42. The second kappa shape index (κ2) is 8.22. The lowest BCUT2D eigenvalue weighted by Gasteiger charge is -2.21. The molecule has 8 heteroatoms. The zero-order chi connectivity index (χ0) is 20.4. The molecule has 2 amide bonds. The summed E-state index contributed by atoms with van der Waals surface area (Å²) in [4.78, 5) is 29.0. The summed E-state index contributed by atoms with van der Waals surface area (Å²) < 4.78 is 5.16. The molecule has 1 heterocycles. The van der Waals surface area contributed by atoms with Crippen molar-refractivity contribution in [2.75, 3.05) is 32.2 Å². The van der Waals surface area contributed by atoms with Gasteiger partial charge in [-0.25, -0.2) is 4.90 Å². The largest absolute Gasteiger partial charge is 0.497 e. The molecule has 1 aliphatic heterocycles. The molecule has 0 saturated carbocycles. The van der Waals surface area contributed by atoms with Crippen molar-refractivity contribution in [1.82, 2.24) is 4.90 Å². The fourth-order valence-electron chi connectivity index (χ4n) is 3.04. The highest BCUT2D eigenvalue weighted by atomic mass is 35.5. The number of benzene rings is 2. The maximum Gasteiger partial charge on any atom is 0.282 e. The minimum atomic E-state index is -0.532. The first-order valence-corrected chi connectivity index (χ1v) is 9.19. The first-order valence-electron chi connectivity index (χ1n) is 8.44. The Labute approximate surface area is 172 Å². The van der Waals surface area contributed by atoms with Crippen LogP contribution in [-0.4, -0.2) is 49.1 Å². The Morgan fingerprint density at radius 2 is 1.75 bits per heavy atom. The highest BCUT2D eigenvalue weighted by molar-refractivity contribution is 6.49. The van der Waals surface area contributed by atoms with Gasteiger partial charge >= 0.3 is 0 Å². The Kier molecular flexibility index (Phi) is 5.93.